The normalized spacial score (nSPS) is 26.1. The minimum Gasteiger partial charge on any atom is -0.445 e. The van der Waals surface area contributed by atoms with Crippen LogP contribution in [0.4, 0.5) is 4.79 Å². The Kier molecular flexibility index (Phi) is 4.95. The van der Waals surface area contributed by atoms with E-state index in [4.69, 9.17) is 4.74 Å². The summed E-state index contributed by atoms with van der Waals surface area (Å²) in [5.41, 5.74) is 1.00. The van der Waals surface area contributed by atoms with Crippen molar-refractivity contribution in [1.29, 1.82) is 0 Å². The van der Waals surface area contributed by atoms with Gasteiger partial charge in [-0.3, -0.25) is 4.90 Å². The van der Waals surface area contributed by atoms with Gasteiger partial charge in [-0.05, 0) is 24.8 Å². The monoisotopic (exact) mass is 304 g/mol. The van der Waals surface area contributed by atoms with Crippen LogP contribution in [0.3, 0.4) is 0 Å². The Bertz CT molecular complexity index is 486. The number of carbonyl (C=O) groups is 1. The molecule has 1 amide bonds. The summed E-state index contributed by atoms with van der Waals surface area (Å²) in [6.07, 6.45) is 2.64. The lowest BCUT2D eigenvalue weighted by Gasteiger charge is -2.38. The van der Waals surface area contributed by atoms with E-state index in [1.807, 2.05) is 30.3 Å². The third kappa shape index (κ3) is 3.59. The third-order valence-electron chi connectivity index (χ3n) is 4.69. The SMILES string of the molecule is O=C(OCc1ccccc1)N1CCN(C2CCCC2O)CC1. The van der Waals surface area contributed by atoms with E-state index in [0.717, 1.165) is 37.9 Å². The number of aliphatic hydroxyl groups is 1. The van der Waals surface area contributed by atoms with Crippen molar-refractivity contribution in [2.75, 3.05) is 26.2 Å². The van der Waals surface area contributed by atoms with Gasteiger partial charge in [-0.1, -0.05) is 30.3 Å². The molecule has 1 heterocycles. The second-order valence-corrected chi connectivity index (χ2v) is 6.13. The molecule has 1 aromatic carbocycles. The van der Waals surface area contributed by atoms with Crippen LogP contribution in [0.2, 0.25) is 0 Å². The highest BCUT2D eigenvalue weighted by atomic mass is 16.6. The minimum absolute atomic E-state index is 0.198. The van der Waals surface area contributed by atoms with Crippen molar-refractivity contribution in [2.45, 2.75) is 38.0 Å². The lowest BCUT2D eigenvalue weighted by atomic mass is 10.1. The molecule has 0 aromatic heterocycles. The number of aliphatic hydroxyl groups excluding tert-OH is 1. The largest absolute Gasteiger partial charge is 0.445 e. The molecular weight excluding hydrogens is 280 g/mol. The molecule has 1 N–H and O–H groups in total. The second kappa shape index (κ2) is 7.11. The first-order chi connectivity index (χ1) is 10.7. The molecule has 5 heteroatoms. The number of carbonyl (C=O) groups excluding carboxylic acids is 1. The molecule has 0 bridgehead atoms. The molecule has 1 saturated carbocycles. The highest BCUT2D eigenvalue weighted by Gasteiger charge is 2.33. The third-order valence-corrected chi connectivity index (χ3v) is 4.69. The number of hydrogen-bond donors (Lipinski definition) is 1. The zero-order valence-electron chi connectivity index (χ0n) is 12.9. The van der Waals surface area contributed by atoms with Crippen LogP contribution in [0.25, 0.3) is 0 Å². The smallest absolute Gasteiger partial charge is 0.410 e. The maximum absolute atomic E-state index is 12.1. The van der Waals surface area contributed by atoms with E-state index in [0.29, 0.717) is 19.7 Å². The highest BCUT2D eigenvalue weighted by Crippen LogP contribution is 2.25. The van der Waals surface area contributed by atoms with Gasteiger partial charge in [-0.25, -0.2) is 4.79 Å². The average Bonchev–Trinajstić information content (AvgIpc) is 3.00. The van der Waals surface area contributed by atoms with Gasteiger partial charge >= 0.3 is 6.09 Å². The molecule has 1 saturated heterocycles. The van der Waals surface area contributed by atoms with Gasteiger partial charge in [0, 0.05) is 32.2 Å². The van der Waals surface area contributed by atoms with Gasteiger partial charge in [0.25, 0.3) is 0 Å². The van der Waals surface area contributed by atoms with Gasteiger partial charge in [-0.2, -0.15) is 0 Å². The average molecular weight is 304 g/mol. The van der Waals surface area contributed by atoms with E-state index >= 15 is 0 Å². The minimum atomic E-state index is -0.240. The molecule has 1 aliphatic heterocycles. The fourth-order valence-electron chi connectivity index (χ4n) is 3.39. The zero-order valence-corrected chi connectivity index (χ0v) is 12.9. The Labute approximate surface area is 131 Å². The van der Waals surface area contributed by atoms with E-state index in [2.05, 4.69) is 4.90 Å². The van der Waals surface area contributed by atoms with Gasteiger partial charge in [0.05, 0.1) is 6.10 Å². The predicted octanol–water partition coefficient (Wildman–Crippen LogP) is 1.85. The van der Waals surface area contributed by atoms with Gasteiger partial charge in [-0.15, -0.1) is 0 Å². The second-order valence-electron chi connectivity index (χ2n) is 6.13. The fraction of sp³-hybridized carbons (Fsp3) is 0.588. The zero-order chi connectivity index (χ0) is 15.4. The van der Waals surface area contributed by atoms with Crippen LogP contribution in [0.15, 0.2) is 30.3 Å². The van der Waals surface area contributed by atoms with Crippen molar-refractivity contribution in [3.63, 3.8) is 0 Å². The fourth-order valence-corrected chi connectivity index (χ4v) is 3.39. The van der Waals surface area contributed by atoms with E-state index in [9.17, 15) is 9.90 Å². The molecule has 0 radical (unpaired) electrons. The molecular formula is C17H24N2O3. The Balaban J connectivity index is 1.44. The summed E-state index contributed by atoms with van der Waals surface area (Å²) in [5.74, 6) is 0. The molecule has 0 spiro atoms. The molecule has 1 aliphatic carbocycles. The lowest BCUT2D eigenvalue weighted by Crippen LogP contribution is -2.53. The number of benzene rings is 1. The molecule has 5 nitrogen and oxygen atoms in total. The summed E-state index contributed by atoms with van der Waals surface area (Å²) in [5, 5.41) is 9.98. The van der Waals surface area contributed by atoms with Crippen LogP contribution >= 0.6 is 0 Å². The highest BCUT2D eigenvalue weighted by molar-refractivity contribution is 5.67. The van der Waals surface area contributed by atoms with Gasteiger partial charge in [0.2, 0.25) is 0 Å². The summed E-state index contributed by atoms with van der Waals surface area (Å²) >= 11 is 0. The van der Waals surface area contributed by atoms with Crippen LogP contribution in [0.1, 0.15) is 24.8 Å². The van der Waals surface area contributed by atoms with Gasteiger partial charge < -0.3 is 14.7 Å². The topological polar surface area (TPSA) is 53.0 Å². The summed E-state index contributed by atoms with van der Waals surface area (Å²) in [6.45, 7) is 3.32. The number of nitrogens with zero attached hydrogens (tertiary/aromatic N) is 2. The van der Waals surface area contributed by atoms with Crippen molar-refractivity contribution in [3.05, 3.63) is 35.9 Å². The number of rotatable bonds is 3. The van der Waals surface area contributed by atoms with Crippen molar-refractivity contribution < 1.29 is 14.6 Å². The summed E-state index contributed by atoms with van der Waals surface area (Å²) < 4.78 is 5.37. The predicted molar refractivity (Wildman–Crippen MR) is 83.4 cm³/mol. The number of ether oxygens (including phenoxy) is 1. The van der Waals surface area contributed by atoms with Crippen LogP contribution in [-0.4, -0.2) is 59.3 Å². The van der Waals surface area contributed by atoms with Crippen LogP contribution in [0.5, 0.6) is 0 Å². The maximum atomic E-state index is 12.1. The lowest BCUT2D eigenvalue weighted by molar-refractivity contribution is 0.0282. The molecule has 3 rings (SSSR count). The molecule has 2 aliphatic rings. The quantitative estimate of drug-likeness (QED) is 0.926. The first-order valence-corrected chi connectivity index (χ1v) is 8.12. The van der Waals surface area contributed by atoms with Gasteiger partial charge in [0.15, 0.2) is 0 Å². The summed E-state index contributed by atoms with van der Waals surface area (Å²) in [7, 11) is 0. The van der Waals surface area contributed by atoms with Crippen molar-refractivity contribution in [1.82, 2.24) is 9.80 Å². The van der Waals surface area contributed by atoms with E-state index in [-0.39, 0.29) is 18.2 Å². The van der Waals surface area contributed by atoms with Gasteiger partial charge in [0.1, 0.15) is 6.61 Å². The van der Waals surface area contributed by atoms with E-state index in [1.165, 1.54) is 0 Å². The Hall–Kier alpha value is -1.59. The van der Waals surface area contributed by atoms with Crippen molar-refractivity contribution >= 4 is 6.09 Å². The van der Waals surface area contributed by atoms with E-state index < -0.39 is 0 Å². The molecule has 120 valence electrons. The van der Waals surface area contributed by atoms with Crippen molar-refractivity contribution in [2.24, 2.45) is 0 Å². The number of amides is 1. The molecule has 2 fully saturated rings. The first kappa shape index (κ1) is 15.3. The summed E-state index contributed by atoms with van der Waals surface area (Å²) in [4.78, 5) is 16.2. The first-order valence-electron chi connectivity index (χ1n) is 8.12. The van der Waals surface area contributed by atoms with E-state index in [1.54, 1.807) is 4.90 Å². The van der Waals surface area contributed by atoms with Crippen LogP contribution in [0, 0.1) is 0 Å². The molecule has 1 aromatic rings. The van der Waals surface area contributed by atoms with Crippen LogP contribution < -0.4 is 0 Å². The Morgan fingerprint density at radius 2 is 1.86 bits per heavy atom. The summed E-state index contributed by atoms with van der Waals surface area (Å²) in [6, 6.07) is 10.0. The standard InChI is InChI=1S/C17H24N2O3/c20-16-8-4-7-15(16)18-9-11-19(12-10-18)17(21)22-13-14-5-2-1-3-6-14/h1-3,5-6,15-16,20H,4,7-13H2. The van der Waals surface area contributed by atoms with Crippen molar-refractivity contribution in [3.8, 4) is 0 Å². The maximum Gasteiger partial charge on any atom is 0.410 e. The number of piperazine rings is 1. The van der Waals surface area contributed by atoms with Crippen LogP contribution in [-0.2, 0) is 11.3 Å². The Morgan fingerprint density at radius 1 is 1.14 bits per heavy atom. The molecule has 2 unspecified atom stereocenters. The Morgan fingerprint density at radius 3 is 2.50 bits per heavy atom. The number of hydrogen-bond acceptors (Lipinski definition) is 4. The molecule has 2 atom stereocenters. The molecule has 22 heavy (non-hydrogen) atoms.